The molecule has 1 amide bonds. The maximum absolute atomic E-state index is 12.8. The van der Waals surface area contributed by atoms with E-state index in [4.69, 9.17) is 13.9 Å². The molecule has 0 fully saturated rings. The summed E-state index contributed by atoms with van der Waals surface area (Å²) in [5, 5.41) is 3.69. The van der Waals surface area contributed by atoms with Crippen LogP contribution >= 0.6 is 0 Å². The maximum atomic E-state index is 12.8. The second kappa shape index (κ2) is 9.13. The zero-order chi connectivity index (χ0) is 21.8. The fourth-order valence-corrected chi connectivity index (χ4v) is 3.39. The lowest BCUT2D eigenvalue weighted by atomic mass is 9.98. The van der Waals surface area contributed by atoms with Crippen LogP contribution in [0.4, 0.5) is 5.69 Å². The quantitative estimate of drug-likeness (QED) is 0.543. The molecule has 0 bridgehead atoms. The average Bonchev–Trinajstić information content (AvgIpc) is 3.08. The van der Waals surface area contributed by atoms with Gasteiger partial charge in [-0.05, 0) is 37.0 Å². The number of amides is 1. The summed E-state index contributed by atoms with van der Waals surface area (Å²) in [5.74, 6) is -0.805. The number of esters is 1. The number of hydrogen-bond donors (Lipinski definition) is 1. The Morgan fingerprint density at radius 2 is 1.80 bits per heavy atom. The van der Waals surface area contributed by atoms with Gasteiger partial charge in [0, 0.05) is 23.7 Å². The molecule has 0 saturated heterocycles. The molecule has 1 heterocycles. The molecule has 0 aliphatic heterocycles. The zero-order valence-corrected chi connectivity index (χ0v) is 17.9. The van der Waals surface area contributed by atoms with Crippen molar-refractivity contribution in [2.75, 3.05) is 12.4 Å². The second-order valence-electron chi connectivity index (χ2n) is 7.57. The monoisotopic (exact) mass is 409 g/mol. The van der Waals surface area contributed by atoms with Crippen molar-refractivity contribution in [2.45, 2.75) is 46.3 Å². The van der Waals surface area contributed by atoms with Gasteiger partial charge in [-0.2, -0.15) is 0 Å². The normalized spacial score (nSPS) is 12.2. The summed E-state index contributed by atoms with van der Waals surface area (Å²) >= 11 is 0. The number of hydrogen-bond acceptors (Lipinski definition) is 5. The van der Waals surface area contributed by atoms with Gasteiger partial charge in [-0.15, -0.1) is 0 Å². The van der Waals surface area contributed by atoms with E-state index in [0.717, 1.165) is 22.2 Å². The minimum atomic E-state index is -0.999. The molecule has 2 aromatic carbocycles. The highest BCUT2D eigenvalue weighted by molar-refractivity contribution is 6.00. The molecule has 1 N–H and O–H groups in total. The minimum absolute atomic E-state index is 0.0523. The number of furan rings is 1. The van der Waals surface area contributed by atoms with Gasteiger partial charge in [-0.1, -0.05) is 50.2 Å². The van der Waals surface area contributed by atoms with Gasteiger partial charge in [0.15, 0.2) is 6.10 Å². The second-order valence-corrected chi connectivity index (χ2v) is 7.57. The number of ether oxygens (including phenoxy) is 2. The van der Waals surface area contributed by atoms with Crippen molar-refractivity contribution < 1.29 is 23.5 Å². The van der Waals surface area contributed by atoms with Crippen molar-refractivity contribution in [3.05, 3.63) is 64.9 Å². The predicted molar refractivity (Wildman–Crippen MR) is 116 cm³/mol. The molecule has 0 radical (unpaired) electrons. The highest BCUT2D eigenvalue weighted by atomic mass is 16.6. The molecule has 1 aromatic heterocycles. The topological polar surface area (TPSA) is 77.8 Å². The van der Waals surface area contributed by atoms with Gasteiger partial charge in [0.2, 0.25) is 5.76 Å². The molecule has 0 aliphatic rings. The number of methoxy groups -OCH3 is 1. The van der Waals surface area contributed by atoms with Gasteiger partial charge in [0.25, 0.3) is 5.91 Å². The van der Waals surface area contributed by atoms with Crippen molar-refractivity contribution in [1.82, 2.24) is 0 Å². The van der Waals surface area contributed by atoms with E-state index in [9.17, 15) is 9.59 Å². The lowest BCUT2D eigenvalue weighted by Gasteiger charge is -2.19. The van der Waals surface area contributed by atoms with E-state index >= 15 is 0 Å². The fraction of sp³-hybridized carbons (Fsp3) is 0.333. The Morgan fingerprint density at radius 3 is 2.50 bits per heavy atom. The molecule has 0 unspecified atom stereocenters. The smallest absolute Gasteiger partial charge is 0.375 e. The van der Waals surface area contributed by atoms with E-state index in [1.807, 2.05) is 43.3 Å². The maximum Gasteiger partial charge on any atom is 0.375 e. The van der Waals surface area contributed by atoms with Crippen LogP contribution in [-0.4, -0.2) is 25.1 Å². The first-order valence-electron chi connectivity index (χ1n) is 9.94. The van der Waals surface area contributed by atoms with Crippen LogP contribution in [0.25, 0.3) is 11.0 Å². The molecule has 30 heavy (non-hydrogen) atoms. The Morgan fingerprint density at radius 1 is 1.07 bits per heavy atom. The van der Waals surface area contributed by atoms with Crippen LogP contribution in [0.3, 0.4) is 0 Å². The largest absolute Gasteiger partial charge is 0.449 e. The highest BCUT2D eigenvalue weighted by Crippen LogP contribution is 2.29. The number of nitrogens with one attached hydrogen (secondary N) is 1. The van der Waals surface area contributed by atoms with Crippen LogP contribution in [0, 0.1) is 6.92 Å². The Kier molecular flexibility index (Phi) is 6.57. The number of carbonyl (C=O) groups excluding carboxylic acids is 2. The standard InChI is InChI=1S/C24H27NO5/c1-14(2)17-11-8-9-15(3)21(17)25-23(26)16(4)29-24(27)22-19(13-28-5)18-10-6-7-12-20(18)30-22/h6-12,14,16H,13H2,1-5H3,(H,25,26)/t16-/m1/s1. The van der Waals surface area contributed by atoms with Crippen LogP contribution in [0.2, 0.25) is 0 Å². The molecule has 0 aliphatic carbocycles. The first-order chi connectivity index (χ1) is 14.3. The Labute approximate surface area is 176 Å². The van der Waals surface area contributed by atoms with Gasteiger partial charge in [0.05, 0.1) is 6.61 Å². The van der Waals surface area contributed by atoms with Gasteiger partial charge in [-0.3, -0.25) is 4.79 Å². The van der Waals surface area contributed by atoms with Crippen LogP contribution in [0.1, 0.15) is 53.9 Å². The number of carbonyl (C=O) groups is 2. The van der Waals surface area contributed by atoms with Crippen LogP contribution < -0.4 is 5.32 Å². The third-order valence-corrected chi connectivity index (χ3v) is 5.00. The van der Waals surface area contributed by atoms with Crippen molar-refractivity contribution in [3.63, 3.8) is 0 Å². The lowest BCUT2D eigenvalue weighted by molar-refractivity contribution is -0.123. The number of aryl methyl sites for hydroxylation is 1. The third kappa shape index (κ3) is 4.39. The molecule has 3 aromatic rings. The summed E-state index contributed by atoms with van der Waals surface area (Å²) in [7, 11) is 1.54. The van der Waals surface area contributed by atoms with E-state index in [-0.39, 0.29) is 18.3 Å². The predicted octanol–water partition coefficient (Wildman–Crippen LogP) is 5.20. The van der Waals surface area contributed by atoms with Crippen LogP contribution in [0.15, 0.2) is 46.9 Å². The van der Waals surface area contributed by atoms with Crippen LogP contribution in [0.5, 0.6) is 0 Å². The summed E-state index contributed by atoms with van der Waals surface area (Å²) in [6.07, 6.45) is -0.999. The molecule has 0 saturated carbocycles. The van der Waals surface area contributed by atoms with Gasteiger partial charge < -0.3 is 19.2 Å². The molecule has 158 valence electrons. The van der Waals surface area contributed by atoms with E-state index in [1.165, 1.54) is 0 Å². The zero-order valence-electron chi connectivity index (χ0n) is 17.9. The van der Waals surface area contributed by atoms with Crippen LogP contribution in [-0.2, 0) is 20.9 Å². The molecular formula is C24H27NO5. The minimum Gasteiger partial charge on any atom is -0.449 e. The molecule has 6 nitrogen and oxygen atoms in total. The van der Waals surface area contributed by atoms with Crippen molar-refractivity contribution >= 4 is 28.5 Å². The van der Waals surface area contributed by atoms with Crippen molar-refractivity contribution in [1.29, 1.82) is 0 Å². The van der Waals surface area contributed by atoms with Gasteiger partial charge >= 0.3 is 5.97 Å². The number of rotatable bonds is 7. The van der Waals surface area contributed by atoms with E-state index in [1.54, 1.807) is 20.1 Å². The SMILES string of the molecule is COCc1c(C(=O)O[C@H](C)C(=O)Nc2c(C)cccc2C(C)C)oc2ccccc12. The summed E-state index contributed by atoms with van der Waals surface area (Å²) in [6, 6.07) is 13.2. The van der Waals surface area contributed by atoms with Gasteiger partial charge in [-0.25, -0.2) is 4.79 Å². The van der Waals surface area contributed by atoms with Gasteiger partial charge in [0.1, 0.15) is 5.58 Å². The Hall–Kier alpha value is -3.12. The third-order valence-electron chi connectivity index (χ3n) is 5.00. The van der Waals surface area contributed by atoms with Crippen molar-refractivity contribution in [3.8, 4) is 0 Å². The fourth-order valence-electron chi connectivity index (χ4n) is 3.39. The summed E-state index contributed by atoms with van der Waals surface area (Å²) in [4.78, 5) is 25.5. The van der Waals surface area contributed by atoms with E-state index in [0.29, 0.717) is 11.1 Å². The Bertz CT molecular complexity index is 1070. The molecule has 3 rings (SSSR count). The van der Waals surface area contributed by atoms with E-state index < -0.39 is 18.0 Å². The van der Waals surface area contributed by atoms with Crippen molar-refractivity contribution in [2.24, 2.45) is 0 Å². The number of anilines is 1. The molecule has 6 heteroatoms. The number of para-hydroxylation sites is 2. The molecule has 1 atom stereocenters. The summed E-state index contributed by atoms with van der Waals surface area (Å²) in [5.41, 5.74) is 3.90. The molecular weight excluding hydrogens is 382 g/mol. The highest BCUT2D eigenvalue weighted by Gasteiger charge is 2.26. The molecule has 0 spiro atoms. The lowest BCUT2D eigenvalue weighted by Crippen LogP contribution is -2.30. The Balaban J connectivity index is 1.79. The first kappa shape index (κ1) is 21.6. The summed E-state index contributed by atoms with van der Waals surface area (Å²) in [6.45, 7) is 7.80. The summed E-state index contributed by atoms with van der Waals surface area (Å²) < 4.78 is 16.3. The number of benzene rings is 2. The average molecular weight is 409 g/mol. The number of fused-ring (bicyclic) bond motifs is 1. The first-order valence-corrected chi connectivity index (χ1v) is 9.94. The van der Waals surface area contributed by atoms with E-state index in [2.05, 4.69) is 19.2 Å².